The van der Waals surface area contributed by atoms with Gasteiger partial charge in [0.05, 0.1) is 24.1 Å². The average Bonchev–Trinajstić information content (AvgIpc) is 3.16. The van der Waals surface area contributed by atoms with E-state index in [0.29, 0.717) is 0 Å². The number of rotatable bonds is 4. The monoisotopic (exact) mass is 322 g/mol. The van der Waals surface area contributed by atoms with Crippen LogP contribution in [0.3, 0.4) is 0 Å². The molecule has 0 saturated carbocycles. The van der Waals surface area contributed by atoms with Crippen LogP contribution < -0.4 is 0 Å². The topological polar surface area (TPSA) is 51.8 Å². The molecule has 0 bridgehead atoms. The summed E-state index contributed by atoms with van der Waals surface area (Å²) in [5.41, 5.74) is 3.45. The Hall–Kier alpha value is -2.47. The van der Waals surface area contributed by atoms with Crippen LogP contribution in [0.2, 0.25) is 0 Å². The molecule has 124 valence electrons. The highest BCUT2D eigenvalue weighted by Crippen LogP contribution is 2.14. The fourth-order valence-electron chi connectivity index (χ4n) is 3.30. The summed E-state index contributed by atoms with van der Waals surface area (Å²) in [5, 5.41) is 4.30. The molecule has 4 rings (SSSR count). The Morgan fingerprint density at radius 2 is 2.04 bits per heavy atom. The van der Waals surface area contributed by atoms with Crippen LogP contribution in [-0.2, 0) is 26.1 Å². The molecule has 0 fully saturated rings. The van der Waals surface area contributed by atoms with Crippen molar-refractivity contribution < 1.29 is 0 Å². The Morgan fingerprint density at radius 3 is 2.88 bits per heavy atom. The van der Waals surface area contributed by atoms with E-state index in [-0.39, 0.29) is 0 Å². The third-order valence-corrected chi connectivity index (χ3v) is 4.53. The highest BCUT2D eigenvalue weighted by molar-refractivity contribution is 5.11. The van der Waals surface area contributed by atoms with E-state index in [4.69, 9.17) is 0 Å². The van der Waals surface area contributed by atoms with Gasteiger partial charge >= 0.3 is 0 Å². The number of nitrogens with zero attached hydrogens (tertiary/aromatic N) is 6. The quantitative estimate of drug-likeness (QED) is 0.736. The number of fused-ring (bicyclic) bond motifs is 1. The first-order valence-electron chi connectivity index (χ1n) is 8.43. The molecule has 0 aliphatic carbocycles. The Morgan fingerprint density at radius 1 is 1.08 bits per heavy atom. The van der Waals surface area contributed by atoms with Crippen molar-refractivity contribution in [2.45, 2.75) is 33.0 Å². The van der Waals surface area contributed by atoms with Gasteiger partial charge in [0, 0.05) is 50.7 Å². The lowest BCUT2D eigenvalue weighted by molar-refractivity contribution is 0.267. The third kappa shape index (κ3) is 3.23. The van der Waals surface area contributed by atoms with E-state index in [1.54, 1.807) is 0 Å². The zero-order chi connectivity index (χ0) is 16.4. The first-order chi connectivity index (χ1) is 11.8. The minimum atomic E-state index is 0.777. The minimum Gasteiger partial charge on any atom is -0.329 e. The lowest BCUT2D eigenvalue weighted by Crippen LogP contribution is -2.27. The molecule has 3 aromatic heterocycles. The van der Waals surface area contributed by atoms with Gasteiger partial charge in [0.1, 0.15) is 5.82 Å². The molecule has 3 aromatic rings. The van der Waals surface area contributed by atoms with Gasteiger partial charge in [-0.1, -0.05) is 6.07 Å². The van der Waals surface area contributed by atoms with E-state index >= 15 is 0 Å². The number of aryl methyl sites for hydroxylation is 1. The van der Waals surface area contributed by atoms with Crippen molar-refractivity contribution >= 4 is 0 Å². The maximum atomic E-state index is 4.63. The second-order valence-corrected chi connectivity index (χ2v) is 6.32. The van der Waals surface area contributed by atoms with Crippen LogP contribution >= 0.6 is 0 Å². The van der Waals surface area contributed by atoms with Crippen LogP contribution in [0.4, 0.5) is 0 Å². The first-order valence-corrected chi connectivity index (χ1v) is 8.43. The molecule has 0 saturated heterocycles. The number of pyridine rings is 1. The van der Waals surface area contributed by atoms with Crippen molar-refractivity contribution in [1.82, 2.24) is 29.2 Å². The summed E-state index contributed by atoms with van der Waals surface area (Å²) in [7, 11) is 0. The maximum Gasteiger partial charge on any atom is 0.110 e. The second-order valence-electron chi connectivity index (χ2n) is 6.32. The molecular formula is C18H22N6. The molecule has 0 unspecified atom stereocenters. The average molecular weight is 322 g/mol. The summed E-state index contributed by atoms with van der Waals surface area (Å²) in [6.07, 6.45) is 6.78. The van der Waals surface area contributed by atoms with Gasteiger partial charge in [0.15, 0.2) is 0 Å². The minimum absolute atomic E-state index is 0.777. The molecule has 0 N–H and O–H groups in total. The highest BCUT2D eigenvalue weighted by atomic mass is 15.3. The van der Waals surface area contributed by atoms with Crippen LogP contribution in [0.5, 0.6) is 0 Å². The molecule has 1 aliphatic heterocycles. The van der Waals surface area contributed by atoms with Gasteiger partial charge in [-0.05, 0) is 25.1 Å². The number of hydrogen-bond donors (Lipinski definition) is 0. The Kier molecular flexibility index (Phi) is 4.13. The molecule has 0 aromatic carbocycles. The smallest absolute Gasteiger partial charge is 0.110 e. The standard InChI is InChI=1S/C18H22N6/c1-15-4-2-5-16(21-15)13-22-9-6-18-19-12-17(24(18)11-10-22)14-23-8-3-7-20-23/h2-5,7-8,12H,6,9-11,13-14H2,1H3. The number of hydrogen-bond acceptors (Lipinski definition) is 4. The van der Waals surface area contributed by atoms with E-state index in [0.717, 1.165) is 50.5 Å². The molecule has 6 nitrogen and oxygen atoms in total. The maximum absolute atomic E-state index is 4.63. The Balaban J connectivity index is 1.45. The van der Waals surface area contributed by atoms with E-state index in [1.165, 1.54) is 11.5 Å². The molecule has 24 heavy (non-hydrogen) atoms. The van der Waals surface area contributed by atoms with Crippen molar-refractivity contribution in [3.05, 3.63) is 65.8 Å². The van der Waals surface area contributed by atoms with E-state index in [1.807, 2.05) is 42.3 Å². The fourth-order valence-corrected chi connectivity index (χ4v) is 3.30. The lowest BCUT2D eigenvalue weighted by Gasteiger charge is -2.19. The van der Waals surface area contributed by atoms with Gasteiger partial charge in [-0.25, -0.2) is 4.98 Å². The van der Waals surface area contributed by atoms with E-state index in [9.17, 15) is 0 Å². The molecule has 6 heteroatoms. The molecule has 0 amide bonds. The normalized spacial score (nSPS) is 15.2. The highest BCUT2D eigenvalue weighted by Gasteiger charge is 2.18. The van der Waals surface area contributed by atoms with Gasteiger partial charge in [-0.3, -0.25) is 14.6 Å². The first kappa shape index (κ1) is 15.1. The molecule has 0 radical (unpaired) electrons. The van der Waals surface area contributed by atoms with Crippen LogP contribution in [0.25, 0.3) is 0 Å². The van der Waals surface area contributed by atoms with Gasteiger partial charge in [-0.2, -0.15) is 5.10 Å². The van der Waals surface area contributed by atoms with Crippen molar-refractivity contribution in [3.8, 4) is 0 Å². The van der Waals surface area contributed by atoms with Gasteiger partial charge < -0.3 is 4.57 Å². The predicted molar refractivity (Wildman–Crippen MR) is 91.5 cm³/mol. The summed E-state index contributed by atoms with van der Waals surface area (Å²) in [6.45, 7) is 6.74. The summed E-state index contributed by atoms with van der Waals surface area (Å²) >= 11 is 0. The predicted octanol–water partition coefficient (Wildman–Crippen LogP) is 1.89. The van der Waals surface area contributed by atoms with Crippen molar-refractivity contribution in [2.75, 3.05) is 13.1 Å². The number of aromatic nitrogens is 5. The summed E-state index contributed by atoms with van der Waals surface area (Å²) < 4.78 is 4.30. The van der Waals surface area contributed by atoms with Gasteiger partial charge in [-0.15, -0.1) is 0 Å². The van der Waals surface area contributed by atoms with Crippen LogP contribution in [0.15, 0.2) is 42.9 Å². The largest absolute Gasteiger partial charge is 0.329 e. The SMILES string of the molecule is Cc1cccc(CN2CCc3ncc(Cn4cccn4)n3CC2)n1. The van der Waals surface area contributed by atoms with Crippen molar-refractivity contribution in [2.24, 2.45) is 0 Å². The zero-order valence-electron chi connectivity index (χ0n) is 14.0. The second kappa shape index (κ2) is 6.57. The fraction of sp³-hybridized carbons (Fsp3) is 0.389. The van der Waals surface area contributed by atoms with E-state index < -0.39 is 0 Å². The molecule has 4 heterocycles. The molecular weight excluding hydrogens is 300 g/mol. The summed E-state index contributed by atoms with van der Waals surface area (Å²) in [4.78, 5) is 11.7. The lowest BCUT2D eigenvalue weighted by atomic mass is 10.3. The van der Waals surface area contributed by atoms with Gasteiger partial charge in [0.2, 0.25) is 0 Å². The Bertz CT molecular complexity index is 805. The van der Waals surface area contributed by atoms with Crippen LogP contribution in [-0.4, -0.2) is 42.3 Å². The van der Waals surface area contributed by atoms with Crippen molar-refractivity contribution in [1.29, 1.82) is 0 Å². The summed E-state index contributed by atoms with van der Waals surface area (Å²) in [5.74, 6) is 1.18. The van der Waals surface area contributed by atoms with Crippen LogP contribution in [0, 0.1) is 6.92 Å². The summed E-state index contributed by atoms with van der Waals surface area (Å²) in [6, 6.07) is 8.20. The number of imidazole rings is 1. The van der Waals surface area contributed by atoms with Gasteiger partial charge in [0.25, 0.3) is 0 Å². The zero-order valence-corrected chi connectivity index (χ0v) is 14.0. The third-order valence-electron chi connectivity index (χ3n) is 4.53. The van der Waals surface area contributed by atoms with Crippen molar-refractivity contribution in [3.63, 3.8) is 0 Å². The molecule has 1 aliphatic rings. The molecule has 0 atom stereocenters. The van der Waals surface area contributed by atoms with Crippen LogP contribution in [0.1, 0.15) is 22.9 Å². The van der Waals surface area contributed by atoms with E-state index in [2.05, 4.69) is 36.7 Å². The Labute approximate surface area is 141 Å². The molecule has 0 spiro atoms.